The van der Waals surface area contributed by atoms with Crippen LogP contribution in [0.3, 0.4) is 0 Å². The third kappa shape index (κ3) is 6.18. The van der Waals surface area contributed by atoms with Gasteiger partial charge in [0, 0.05) is 48.1 Å². The number of piperidine rings is 1. The predicted octanol–water partition coefficient (Wildman–Crippen LogP) is 5.21. The highest BCUT2D eigenvalue weighted by molar-refractivity contribution is 7.11. The van der Waals surface area contributed by atoms with Crippen molar-refractivity contribution < 1.29 is 13.6 Å². The molecule has 0 radical (unpaired) electrons. The maximum absolute atomic E-state index is 13.3. The smallest absolute Gasteiger partial charge is 0.257 e. The molecule has 2 N–H and O–H groups in total. The van der Waals surface area contributed by atoms with Crippen LogP contribution in [0.25, 0.3) is 5.57 Å². The van der Waals surface area contributed by atoms with Gasteiger partial charge in [-0.05, 0) is 62.8 Å². The number of hydrogen-bond donors (Lipinski definition) is 2. The summed E-state index contributed by atoms with van der Waals surface area (Å²) >= 11 is 1.55. The van der Waals surface area contributed by atoms with E-state index in [1.807, 2.05) is 37.1 Å². The number of aromatic amines is 1. The van der Waals surface area contributed by atoms with Gasteiger partial charge in [-0.25, -0.2) is 8.78 Å². The van der Waals surface area contributed by atoms with Crippen LogP contribution in [-0.2, 0) is 6.54 Å². The van der Waals surface area contributed by atoms with Crippen LogP contribution in [0.1, 0.15) is 70.7 Å². The Balaban J connectivity index is 1.73. The summed E-state index contributed by atoms with van der Waals surface area (Å²) in [7, 11) is 0. The summed E-state index contributed by atoms with van der Waals surface area (Å²) in [6.45, 7) is 9.94. The van der Waals surface area contributed by atoms with Crippen LogP contribution in [0.2, 0.25) is 0 Å². The van der Waals surface area contributed by atoms with Crippen LogP contribution in [0, 0.1) is 20.8 Å². The van der Waals surface area contributed by atoms with Crippen LogP contribution < -0.4 is 10.9 Å². The summed E-state index contributed by atoms with van der Waals surface area (Å²) in [4.78, 5) is 30.8. The standard InChI is InChI=1S/C25H33F2N3O2S/c1-6-19(18-7-9-30(10-8-18)14-25(5,26)27)22-17(4)21(13-33-22)23(31)28-12-20-15(2)11-16(3)29-24(20)32/h11,13H,6-10,12,14H2,1-5H3,(H,28,31)(H,29,32). The number of rotatable bonds is 7. The van der Waals surface area contributed by atoms with Crippen LogP contribution in [0.5, 0.6) is 0 Å². The lowest BCUT2D eigenvalue weighted by Crippen LogP contribution is -2.39. The van der Waals surface area contributed by atoms with Gasteiger partial charge >= 0.3 is 0 Å². The Morgan fingerprint density at radius 2 is 1.91 bits per heavy atom. The molecule has 1 aliphatic rings. The SMILES string of the molecule is CCC(=C1CCN(CC(C)(F)F)CC1)c1scc(C(=O)NCc2c(C)cc(C)[nH]c2=O)c1C. The lowest BCUT2D eigenvalue weighted by atomic mass is 9.93. The van der Waals surface area contributed by atoms with Gasteiger partial charge in [0.1, 0.15) is 0 Å². The molecule has 33 heavy (non-hydrogen) atoms. The number of thiophene rings is 1. The number of alkyl halides is 2. The molecular formula is C25H33F2N3O2S. The molecule has 0 aromatic carbocycles. The number of nitrogens with one attached hydrogen (secondary N) is 2. The van der Waals surface area contributed by atoms with Crippen molar-refractivity contribution in [3.8, 4) is 0 Å². The second-order valence-electron chi connectivity index (χ2n) is 9.01. The monoisotopic (exact) mass is 477 g/mol. The Kier molecular flexibility index (Phi) is 7.90. The molecule has 0 saturated carbocycles. The number of halogens is 2. The van der Waals surface area contributed by atoms with Gasteiger partial charge in [0.15, 0.2) is 0 Å². The van der Waals surface area contributed by atoms with Crippen molar-refractivity contribution in [3.05, 3.63) is 60.2 Å². The van der Waals surface area contributed by atoms with Crippen LogP contribution in [-0.4, -0.2) is 41.3 Å². The molecule has 3 rings (SSSR count). The number of carbonyl (C=O) groups is 1. The molecule has 0 atom stereocenters. The topological polar surface area (TPSA) is 65.2 Å². The molecule has 1 fully saturated rings. The number of likely N-dealkylation sites (tertiary alicyclic amines) is 1. The number of pyridine rings is 1. The van der Waals surface area contributed by atoms with Crippen molar-refractivity contribution in [3.63, 3.8) is 0 Å². The molecule has 2 aromatic heterocycles. The van der Waals surface area contributed by atoms with E-state index in [0.29, 0.717) is 24.2 Å². The Hall–Kier alpha value is -2.32. The van der Waals surface area contributed by atoms with Crippen LogP contribution in [0.15, 0.2) is 21.8 Å². The molecule has 1 aliphatic heterocycles. The molecular weight excluding hydrogens is 444 g/mol. The summed E-state index contributed by atoms with van der Waals surface area (Å²) in [6, 6.07) is 1.89. The second kappa shape index (κ2) is 10.3. The zero-order valence-corrected chi connectivity index (χ0v) is 20.8. The highest BCUT2D eigenvalue weighted by atomic mass is 32.1. The van der Waals surface area contributed by atoms with Gasteiger partial charge in [0.05, 0.1) is 12.1 Å². The van der Waals surface area contributed by atoms with Crippen LogP contribution >= 0.6 is 11.3 Å². The highest BCUT2D eigenvalue weighted by Gasteiger charge is 2.28. The average Bonchev–Trinajstić information content (AvgIpc) is 3.09. The molecule has 180 valence electrons. The Morgan fingerprint density at radius 1 is 1.24 bits per heavy atom. The van der Waals surface area contributed by atoms with Gasteiger partial charge in [-0.15, -0.1) is 11.3 Å². The number of nitrogens with zero attached hydrogens (tertiary/aromatic N) is 1. The summed E-state index contributed by atoms with van der Waals surface area (Å²) in [5.74, 6) is -2.88. The van der Waals surface area contributed by atoms with Gasteiger partial charge in [0.2, 0.25) is 0 Å². The number of hydrogen-bond acceptors (Lipinski definition) is 4. The summed E-state index contributed by atoms with van der Waals surface area (Å²) in [5.41, 5.74) is 6.09. The molecule has 0 aliphatic carbocycles. The molecule has 0 bridgehead atoms. The first-order valence-corrected chi connectivity index (χ1v) is 12.2. The van der Waals surface area contributed by atoms with Gasteiger partial charge in [-0.2, -0.15) is 0 Å². The Labute approximate surface area is 197 Å². The van der Waals surface area contributed by atoms with Crippen molar-refractivity contribution in [2.75, 3.05) is 19.6 Å². The van der Waals surface area contributed by atoms with Crippen LogP contribution in [0.4, 0.5) is 8.78 Å². The third-order valence-electron chi connectivity index (χ3n) is 6.22. The summed E-state index contributed by atoms with van der Waals surface area (Å²) in [5, 5.41) is 4.76. The molecule has 8 heteroatoms. The van der Waals surface area contributed by atoms with Crippen molar-refractivity contribution in [2.24, 2.45) is 0 Å². The molecule has 3 heterocycles. The van der Waals surface area contributed by atoms with Gasteiger partial charge < -0.3 is 10.3 Å². The van der Waals surface area contributed by atoms with E-state index in [9.17, 15) is 18.4 Å². The lowest BCUT2D eigenvalue weighted by Gasteiger charge is -2.31. The predicted molar refractivity (Wildman–Crippen MR) is 130 cm³/mol. The van der Waals surface area contributed by atoms with E-state index in [2.05, 4.69) is 17.2 Å². The van der Waals surface area contributed by atoms with E-state index in [1.165, 1.54) is 11.1 Å². The van der Waals surface area contributed by atoms with Gasteiger partial charge in [-0.1, -0.05) is 12.5 Å². The summed E-state index contributed by atoms with van der Waals surface area (Å²) < 4.78 is 26.7. The highest BCUT2D eigenvalue weighted by Crippen LogP contribution is 2.36. The number of aromatic nitrogens is 1. The number of amides is 1. The minimum atomic E-state index is -2.68. The van der Waals surface area contributed by atoms with Crippen molar-refractivity contribution in [1.29, 1.82) is 0 Å². The molecule has 1 amide bonds. The van der Waals surface area contributed by atoms with E-state index in [1.54, 1.807) is 11.3 Å². The lowest BCUT2D eigenvalue weighted by molar-refractivity contribution is -0.0161. The minimum Gasteiger partial charge on any atom is -0.348 e. The molecule has 0 spiro atoms. The first-order valence-electron chi connectivity index (χ1n) is 11.4. The second-order valence-corrected chi connectivity index (χ2v) is 9.89. The van der Waals surface area contributed by atoms with Crippen molar-refractivity contribution in [2.45, 2.75) is 66.3 Å². The molecule has 5 nitrogen and oxygen atoms in total. The van der Waals surface area contributed by atoms with E-state index in [0.717, 1.165) is 47.9 Å². The minimum absolute atomic E-state index is 0.171. The fourth-order valence-electron chi connectivity index (χ4n) is 4.55. The first-order chi connectivity index (χ1) is 15.5. The van der Waals surface area contributed by atoms with E-state index in [-0.39, 0.29) is 24.6 Å². The van der Waals surface area contributed by atoms with Gasteiger partial charge in [-0.3, -0.25) is 14.5 Å². The number of H-pyrrole nitrogens is 1. The quantitative estimate of drug-likeness (QED) is 0.576. The molecule has 2 aromatic rings. The van der Waals surface area contributed by atoms with E-state index < -0.39 is 5.92 Å². The summed E-state index contributed by atoms with van der Waals surface area (Å²) in [6.07, 6.45) is 2.38. The third-order valence-corrected chi connectivity index (χ3v) is 7.36. The number of carbonyl (C=O) groups excluding carboxylic acids is 1. The largest absolute Gasteiger partial charge is 0.348 e. The molecule has 1 saturated heterocycles. The Bertz CT molecular complexity index is 1100. The zero-order valence-electron chi connectivity index (χ0n) is 20.0. The first kappa shape index (κ1) is 25.3. The van der Waals surface area contributed by atoms with E-state index >= 15 is 0 Å². The normalized spacial score (nSPS) is 15.1. The zero-order chi connectivity index (χ0) is 24.3. The maximum Gasteiger partial charge on any atom is 0.257 e. The van der Waals surface area contributed by atoms with Crippen molar-refractivity contribution >= 4 is 22.8 Å². The van der Waals surface area contributed by atoms with Crippen molar-refractivity contribution in [1.82, 2.24) is 15.2 Å². The fraction of sp³-hybridized carbons (Fsp3) is 0.520. The fourth-order valence-corrected chi connectivity index (χ4v) is 5.79. The number of allylic oxidation sites excluding steroid dienone is 1. The van der Waals surface area contributed by atoms with E-state index in [4.69, 9.17) is 0 Å². The average molecular weight is 478 g/mol. The van der Waals surface area contributed by atoms with Gasteiger partial charge in [0.25, 0.3) is 17.4 Å². The number of aryl methyl sites for hydroxylation is 2. The molecule has 0 unspecified atom stereocenters. The maximum atomic E-state index is 13.3. The Morgan fingerprint density at radius 3 is 2.48 bits per heavy atom.